The van der Waals surface area contributed by atoms with Crippen LogP contribution in [0.3, 0.4) is 0 Å². The molecule has 1 amide bonds. The van der Waals surface area contributed by atoms with Crippen LogP contribution in [0.2, 0.25) is 0 Å². The summed E-state index contributed by atoms with van der Waals surface area (Å²) < 4.78 is 16.4. The molecule has 27 heavy (non-hydrogen) atoms. The van der Waals surface area contributed by atoms with Crippen molar-refractivity contribution in [1.29, 1.82) is 5.26 Å². The first kappa shape index (κ1) is 17.2. The molecular weight excluding hydrogens is 348 g/mol. The van der Waals surface area contributed by atoms with Crippen LogP contribution in [0.1, 0.15) is 41.4 Å². The molecule has 2 aliphatic rings. The first-order valence-corrected chi connectivity index (χ1v) is 8.51. The molecule has 0 unspecified atom stereocenters. The van der Waals surface area contributed by atoms with Gasteiger partial charge in [0.15, 0.2) is 11.5 Å². The summed E-state index contributed by atoms with van der Waals surface area (Å²) in [5.74, 6) is 1.24. The van der Waals surface area contributed by atoms with E-state index in [0.29, 0.717) is 33.9 Å². The Kier molecular flexibility index (Phi) is 3.93. The molecule has 0 saturated heterocycles. The number of nitrogens with one attached hydrogen (secondary N) is 1. The van der Waals surface area contributed by atoms with Crippen LogP contribution < -0.4 is 19.5 Å². The Bertz CT molecular complexity index is 963. The molecule has 2 aliphatic heterocycles. The molecule has 0 fully saturated rings. The second-order valence-corrected chi connectivity index (χ2v) is 7.03. The topological polar surface area (TPSA) is 101 Å². The van der Waals surface area contributed by atoms with E-state index in [9.17, 15) is 15.2 Å². The standard InChI is InChI=1S/C20H18N2O5/c1-20(2)18(23)17(13-7-11(9-21)3-5-14(13)27-20)22-19(24)12-4-6-15-16(8-12)26-10-25-15/h3-8,17-18,23H,10H2,1-2H3,(H,22,24)/t17-,18+/m1/s1. The zero-order valence-electron chi connectivity index (χ0n) is 14.9. The molecule has 0 spiro atoms. The fraction of sp³-hybridized carbons (Fsp3) is 0.300. The highest BCUT2D eigenvalue weighted by molar-refractivity contribution is 5.95. The Morgan fingerprint density at radius 2 is 1.93 bits per heavy atom. The van der Waals surface area contributed by atoms with Crippen molar-refractivity contribution in [3.63, 3.8) is 0 Å². The first-order valence-electron chi connectivity index (χ1n) is 8.51. The zero-order chi connectivity index (χ0) is 19.2. The number of nitriles is 1. The summed E-state index contributed by atoms with van der Waals surface area (Å²) in [6.45, 7) is 3.62. The molecule has 138 valence electrons. The summed E-state index contributed by atoms with van der Waals surface area (Å²) in [6, 6.07) is 11.2. The van der Waals surface area contributed by atoms with E-state index in [1.807, 2.05) is 0 Å². The smallest absolute Gasteiger partial charge is 0.251 e. The van der Waals surface area contributed by atoms with Crippen LogP contribution in [-0.4, -0.2) is 29.5 Å². The van der Waals surface area contributed by atoms with E-state index in [-0.39, 0.29) is 12.7 Å². The van der Waals surface area contributed by atoms with E-state index in [0.717, 1.165) is 0 Å². The fourth-order valence-corrected chi connectivity index (χ4v) is 3.29. The van der Waals surface area contributed by atoms with Crippen molar-refractivity contribution < 1.29 is 24.1 Å². The minimum Gasteiger partial charge on any atom is -0.485 e. The maximum atomic E-state index is 12.8. The summed E-state index contributed by atoms with van der Waals surface area (Å²) in [6.07, 6.45) is -1.00. The van der Waals surface area contributed by atoms with Crippen LogP contribution in [0.4, 0.5) is 0 Å². The SMILES string of the molecule is CC1(C)Oc2ccc(C#N)cc2[C@@H](NC(=O)c2ccc3c(c2)OCO3)[C@@H]1O. The van der Waals surface area contributed by atoms with Crippen molar-refractivity contribution in [2.24, 2.45) is 0 Å². The highest BCUT2D eigenvalue weighted by atomic mass is 16.7. The molecule has 0 radical (unpaired) electrons. The van der Waals surface area contributed by atoms with E-state index >= 15 is 0 Å². The van der Waals surface area contributed by atoms with Crippen LogP contribution in [0, 0.1) is 11.3 Å². The van der Waals surface area contributed by atoms with Crippen molar-refractivity contribution in [2.75, 3.05) is 6.79 Å². The number of aliphatic hydroxyl groups excluding tert-OH is 1. The minimum atomic E-state index is -1.00. The molecule has 7 heteroatoms. The van der Waals surface area contributed by atoms with Gasteiger partial charge in [0.05, 0.1) is 17.7 Å². The summed E-state index contributed by atoms with van der Waals surface area (Å²) >= 11 is 0. The molecule has 0 aromatic heterocycles. The number of fused-ring (bicyclic) bond motifs is 2. The molecular formula is C20H18N2O5. The number of benzene rings is 2. The zero-order valence-corrected chi connectivity index (χ0v) is 14.9. The van der Waals surface area contributed by atoms with Gasteiger partial charge in [0.25, 0.3) is 5.91 Å². The van der Waals surface area contributed by atoms with Crippen LogP contribution >= 0.6 is 0 Å². The van der Waals surface area contributed by atoms with Gasteiger partial charge in [-0.3, -0.25) is 4.79 Å². The lowest BCUT2D eigenvalue weighted by Gasteiger charge is -2.42. The number of aliphatic hydroxyl groups is 1. The third kappa shape index (κ3) is 2.94. The minimum absolute atomic E-state index is 0.123. The van der Waals surface area contributed by atoms with Gasteiger partial charge < -0.3 is 24.6 Å². The van der Waals surface area contributed by atoms with Gasteiger partial charge in [-0.2, -0.15) is 5.26 Å². The maximum Gasteiger partial charge on any atom is 0.251 e. The second kappa shape index (κ2) is 6.18. The van der Waals surface area contributed by atoms with E-state index in [1.165, 1.54) is 0 Å². The summed E-state index contributed by atoms with van der Waals surface area (Å²) in [7, 11) is 0. The molecule has 2 N–H and O–H groups in total. The molecule has 2 atom stereocenters. The molecule has 7 nitrogen and oxygen atoms in total. The van der Waals surface area contributed by atoms with E-state index < -0.39 is 17.7 Å². The third-order valence-electron chi connectivity index (χ3n) is 4.80. The Morgan fingerprint density at radius 1 is 1.19 bits per heavy atom. The largest absolute Gasteiger partial charge is 0.485 e. The van der Waals surface area contributed by atoms with Gasteiger partial charge in [0.1, 0.15) is 17.5 Å². The van der Waals surface area contributed by atoms with Crippen molar-refractivity contribution >= 4 is 5.91 Å². The molecule has 4 rings (SSSR count). The van der Waals surface area contributed by atoms with Crippen LogP contribution in [0.25, 0.3) is 0 Å². The molecule has 0 saturated carbocycles. The van der Waals surface area contributed by atoms with Crippen LogP contribution in [0.5, 0.6) is 17.2 Å². The van der Waals surface area contributed by atoms with Gasteiger partial charge in [-0.05, 0) is 50.2 Å². The lowest BCUT2D eigenvalue weighted by Crippen LogP contribution is -2.53. The average Bonchev–Trinajstić information content (AvgIpc) is 3.12. The number of ether oxygens (including phenoxy) is 3. The molecule has 2 aromatic carbocycles. The van der Waals surface area contributed by atoms with Gasteiger partial charge >= 0.3 is 0 Å². The van der Waals surface area contributed by atoms with E-state index in [4.69, 9.17) is 14.2 Å². The highest BCUT2D eigenvalue weighted by Gasteiger charge is 2.43. The van der Waals surface area contributed by atoms with E-state index in [2.05, 4.69) is 11.4 Å². The Labute approximate surface area is 156 Å². The van der Waals surface area contributed by atoms with Gasteiger partial charge in [0.2, 0.25) is 6.79 Å². The lowest BCUT2D eigenvalue weighted by molar-refractivity contribution is -0.0627. The average molecular weight is 366 g/mol. The second-order valence-electron chi connectivity index (χ2n) is 7.03. The molecule has 2 aromatic rings. The Morgan fingerprint density at radius 3 is 2.70 bits per heavy atom. The highest BCUT2D eigenvalue weighted by Crippen LogP contribution is 2.40. The van der Waals surface area contributed by atoms with Gasteiger partial charge in [-0.25, -0.2) is 0 Å². The number of carbonyl (C=O) groups excluding carboxylic acids is 1. The number of nitrogens with zero attached hydrogens (tertiary/aromatic N) is 1. The van der Waals surface area contributed by atoms with Gasteiger partial charge in [-0.15, -0.1) is 0 Å². The van der Waals surface area contributed by atoms with Crippen molar-refractivity contribution in [2.45, 2.75) is 31.6 Å². The van der Waals surface area contributed by atoms with Crippen molar-refractivity contribution in [1.82, 2.24) is 5.32 Å². The Balaban J connectivity index is 1.68. The van der Waals surface area contributed by atoms with Gasteiger partial charge in [0, 0.05) is 11.1 Å². The monoisotopic (exact) mass is 366 g/mol. The maximum absolute atomic E-state index is 12.8. The van der Waals surface area contributed by atoms with Gasteiger partial charge in [-0.1, -0.05) is 0 Å². The van der Waals surface area contributed by atoms with Crippen molar-refractivity contribution in [3.05, 3.63) is 53.1 Å². The molecule has 0 aliphatic carbocycles. The number of rotatable bonds is 2. The number of amides is 1. The lowest BCUT2D eigenvalue weighted by atomic mass is 9.85. The quantitative estimate of drug-likeness (QED) is 0.846. The summed E-state index contributed by atoms with van der Waals surface area (Å²) in [5.41, 5.74) is 0.462. The number of carbonyl (C=O) groups is 1. The first-order chi connectivity index (χ1) is 12.9. The van der Waals surface area contributed by atoms with Crippen molar-refractivity contribution in [3.8, 4) is 23.3 Å². The fourth-order valence-electron chi connectivity index (χ4n) is 3.29. The predicted octanol–water partition coefficient (Wildman–Crippen LogP) is 2.29. The van der Waals surface area contributed by atoms with Crippen LogP contribution in [-0.2, 0) is 0 Å². The predicted molar refractivity (Wildman–Crippen MR) is 94.6 cm³/mol. The molecule has 2 heterocycles. The van der Waals surface area contributed by atoms with Crippen LogP contribution in [0.15, 0.2) is 36.4 Å². The number of hydrogen-bond acceptors (Lipinski definition) is 6. The Hall–Kier alpha value is -3.24. The molecule has 0 bridgehead atoms. The normalized spacial score (nSPS) is 21.6. The summed E-state index contributed by atoms with van der Waals surface area (Å²) in [4.78, 5) is 12.8. The number of hydrogen-bond donors (Lipinski definition) is 2. The third-order valence-corrected chi connectivity index (χ3v) is 4.80. The summed E-state index contributed by atoms with van der Waals surface area (Å²) in [5, 5.41) is 22.8. The van der Waals surface area contributed by atoms with E-state index in [1.54, 1.807) is 50.2 Å².